The minimum absolute atomic E-state index is 0.234. The predicted octanol–water partition coefficient (Wildman–Crippen LogP) is 2.00. The molecule has 0 bridgehead atoms. The fourth-order valence-electron chi connectivity index (χ4n) is 2.27. The number of hydrogen-bond acceptors (Lipinski definition) is 4. The lowest BCUT2D eigenvalue weighted by Gasteiger charge is -2.13. The molecule has 2 heterocycles. The average molecular weight is 308 g/mol. The van der Waals surface area contributed by atoms with E-state index in [-0.39, 0.29) is 15.9 Å². The van der Waals surface area contributed by atoms with Crippen LogP contribution in [0, 0.1) is 16.5 Å². The van der Waals surface area contributed by atoms with Gasteiger partial charge in [-0.05, 0) is 11.8 Å². The maximum absolute atomic E-state index is 12.1. The zero-order valence-corrected chi connectivity index (χ0v) is 13.5. The molecule has 0 aromatic carbocycles. The van der Waals surface area contributed by atoms with Crippen molar-refractivity contribution in [1.29, 1.82) is 0 Å². The van der Waals surface area contributed by atoms with Crippen molar-refractivity contribution in [1.82, 2.24) is 19.5 Å². The van der Waals surface area contributed by atoms with Gasteiger partial charge in [-0.1, -0.05) is 39.9 Å². The average Bonchev–Trinajstić information content (AvgIpc) is 2.32. The highest BCUT2D eigenvalue weighted by atomic mass is 32.1. The SMILES string of the molecule is CC(C)Cc1nc(=S)c2c(=O)[nH]c(=O)n(CC(C)C)c2[nH]1. The van der Waals surface area contributed by atoms with Crippen LogP contribution in [0.25, 0.3) is 11.0 Å². The second-order valence-corrected chi connectivity index (χ2v) is 6.46. The highest BCUT2D eigenvalue weighted by molar-refractivity contribution is 7.71. The molecule has 0 aliphatic rings. The third-order valence-corrected chi connectivity index (χ3v) is 3.36. The number of aromatic nitrogens is 4. The van der Waals surface area contributed by atoms with E-state index in [9.17, 15) is 9.59 Å². The molecule has 0 fully saturated rings. The maximum Gasteiger partial charge on any atom is 0.329 e. The van der Waals surface area contributed by atoms with Gasteiger partial charge in [0.2, 0.25) is 0 Å². The third kappa shape index (κ3) is 3.29. The highest BCUT2D eigenvalue weighted by Gasteiger charge is 2.13. The number of hydrogen-bond donors (Lipinski definition) is 2. The summed E-state index contributed by atoms with van der Waals surface area (Å²) in [5.41, 5.74) is -0.443. The summed E-state index contributed by atoms with van der Waals surface area (Å²) in [4.78, 5) is 33.8. The fourth-order valence-corrected chi connectivity index (χ4v) is 2.56. The molecule has 0 saturated carbocycles. The van der Waals surface area contributed by atoms with Gasteiger partial charge < -0.3 is 4.98 Å². The first-order valence-corrected chi connectivity index (χ1v) is 7.46. The van der Waals surface area contributed by atoms with Crippen molar-refractivity contribution in [2.45, 2.75) is 40.7 Å². The molecule has 0 spiro atoms. The molecule has 2 N–H and O–H groups in total. The summed E-state index contributed by atoms with van der Waals surface area (Å²) in [7, 11) is 0. The molecule has 6 nitrogen and oxygen atoms in total. The Morgan fingerprint density at radius 2 is 1.81 bits per heavy atom. The molecule has 114 valence electrons. The van der Waals surface area contributed by atoms with Crippen LogP contribution in [-0.4, -0.2) is 19.5 Å². The van der Waals surface area contributed by atoms with E-state index in [1.807, 2.05) is 13.8 Å². The standard InChI is InChI=1S/C14H20N4O2S/c1-7(2)5-9-15-11-10(13(21)16-9)12(19)17-14(20)18(11)6-8(3)4/h7-8H,5-6H2,1-4H3,(H,15,16,21)(H,17,19,20). The lowest BCUT2D eigenvalue weighted by molar-refractivity contribution is 0.511. The van der Waals surface area contributed by atoms with Crippen LogP contribution in [0.15, 0.2) is 9.59 Å². The second-order valence-electron chi connectivity index (χ2n) is 6.07. The van der Waals surface area contributed by atoms with E-state index < -0.39 is 11.2 Å². The first kappa shape index (κ1) is 15.6. The van der Waals surface area contributed by atoms with E-state index in [4.69, 9.17) is 12.2 Å². The quantitative estimate of drug-likeness (QED) is 0.846. The van der Waals surface area contributed by atoms with E-state index >= 15 is 0 Å². The molecule has 0 radical (unpaired) electrons. The molecule has 0 saturated heterocycles. The van der Waals surface area contributed by atoms with Gasteiger partial charge in [-0.25, -0.2) is 9.78 Å². The Morgan fingerprint density at radius 3 is 2.38 bits per heavy atom. The van der Waals surface area contributed by atoms with Crippen LogP contribution in [0.5, 0.6) is 0 Å². The first-order chi connectivity index (χ1) is 9.79. The summed E-state index contributed by atoms with van der Waals surface area (Å²) in [6.07, 6.45) is 0.711. The van der Waals surface area contributed by atoms with Gasteiger partial charge in [-0.15, -0.1) is 0 Å². The molecule has 7 heteroatoms. The Bertz CT molecular complexity index is 829. The molecule has 0 aliphatic heterocycles. The monoisotopic (exact) mass is 308 g/mol. The van der Waals surface area contributed by atoms with E-state index in [0.717, 1.165) is 0 Å². The number of nitrogens with zero attached hydrogens (tertiary/aromatic N) is 2. The summed E-state index contributed by atoms with van der Waals surface area (Å²) in [5, 5.41) is 0.276. The normalized spacial score (nSPS) is 11.7. The first-order valence-electron chi connectivity index (χ1n) is 7.05. The maximum atomic E-state index is 12.1. The minimum Gasteiger partial charge on any atom is -0.329 e. The van der Waals surface area contributed by atoms with Crippen LogP contribution in [0.2, 0.25) is 0 Å². The van der Waals surface area contributed by atoms with Gasteiger partial charge in [0.1, 0.15) is 21.5 Å². The van der Waals surface area contributed by atoms with Crippen LogP contribution < -0.4 is 11.2 Å². The molecule has 2 aromatic heterocycles. The molecule has 0 amide bonds. The number of H-pyrrole nitrogens is 2. The van der Waals surface area contributed by atoms with Gasteiger partial charge in [0, 0.05) is 13.0 Å². The summed E-state index contributed by atoms with van der Waals surface area (Å²) < 4.78 is 1.76. The van der Waals surface area contributed by atoms with E-state index in [0.29, 0.717) is 30.4 Å². The minimum atomic E-state index is -0.486. The predicted molar refractivity (Wildman–Crippen MR) is 85.2 cm³/mol. The van der Waals surface area contributed by atoms with E-state index in [2.05, 4.69) is 28.8 Å². The van der Waals surface area contributed by atoms with Gasteiger partial charge in [0.15, 0.2) is 0 Å². The largest absolute Gasteiger partial charge is 0.329 e. The number of nitrogens with one attached hydrogen (secondary N) is 2. The zero-order valence-electron chi connectivity index (χ0n) is 12.7. The van der Waals surface area contributed by atoms with Gasteiger partial charge in [0.05, 0.1) is 0 Å². The lowest BCUT2D eigenvalue weighted by Crippen LogP contribution is -2.32. The fraction of sp³-hybridized carbons (Fsp3) is 0.571. The van der Waals surface area contributed by atoms with Crippen molar-refractivity contribution in [3.8, 4) is 0 Å². The van der Waals surface area contributed by atoms with Crippen LogP contribution in [0.3, 0.4) is 0 Å². The Morgan fingerprint density at radius 1 is 1.14 bits per heavy atom. The Hall–Kier alpha value is -1.76. The Labute approximate surface area is 127 Å². The van der Waals surface area contributed by atoms with Crippen LogP contribution in [0.4, 0.5) is 0 Å². The number of rotatable bonds is 4. The summed E-state index contributed by atoms with van der Waals surface area (Å²) in [5.74, 6) is 1.36. The van der Waals surface area contributed by atoms with Crippen molar-refractivity contribution in [2.75, 3.05) is 0 Å². The highest BCUT2D eigenvalue weighted by Crippen LogP contribution is 2.11. The smallest absolute Gasteiger partial charge is 0.329 e. The Balaban J connectivity index is 2.83. The molecule has 0 aliphatic carbocycles. The molecule has 0 atom stereocenters. The second kappa shape index (κ2) is 5.93. The van der Waals surface area contributed by atoms with Gasteiger partial charge in [0.25, 0.3) is 5.56 Å². The van der Waals surface area contributed by atoms with E-state index in [1.54, 1.807) is 0 Å². The molecule has 2 aromatic rings. The summed E-state index contributed by atoms with van der Waals surface area (Å²) in [6.45, 7) is 8.66. The number of aromatic amines is 2. The number of fused-ring (bicyclic) bond motifs is 1. The topological polar surface area (TPSA) is 83.5 Å². The van der Waals surface area contributed by atoms with Gasteiger partial charge in [-0.2, -0.15) is 0 Å². The van der Waals surface area contributed by atoms with Crippen molar-refractivity contribution in [3.05, 3.63) is 31.3 Å². The van der Waals surface area contributed by atoms with Crippen molar-refractivity contribution in [2.24, 2.45) is 11.8 Å². The van der Waals surface area contributed by atoms with Crippen molar-refractivity contribution in [3.63, 3.8) is 0 Å². The lowest BCUT2D eigenvalue weighted by atomic mass is 10.1. The summed E-state index contributed by atoms with van der Waals surface area (Å²) in [6, 6.07) is 0. The van der Waals surface area contributed by atoms with Crippen LogP contribution in [-0.2, 0) is 13.0 Å². The van der Waals surface area contributed by atoms with Gasteiger partial charge >= 0.3 is 5.69 Å². The third-order valence-electron chi connectivity index (χ3n) is 3.06. The van der Waals surface area contributed by atoms with Gasteiger partial charge in [-0.3, -0.25) is 14.3 Å². The summed E-state index contributed by atoms with van der Waals surface area (Å²) >= 11 is 5.23. The molecular weight excluding hydrogens is 288 g/mol. The zero-order chi connectivity index (χ0) is 15.7. The molecule has 0 unspecified atom stereocenters. The molecule has 21 heavy (non-hydrogen) atoms. The molecular formula is C14H20N4O2S. The van der Waals surface area contributed by atoms with E-state index in [1.165, 1.54) is 4.57 Å². The van der Waals surface area contributed by atoms with Crippen molar-refractivity contribution >= 4 is 23.3 Å². The molecule has 2 rings (SSSR count). The van der Waals surface area contributed by atoms with Crippen LogP contribution in [0.1, 0.15) is 33.5 Å². The van der Waals surface area contributed by atoms with Crippen molar-refractivity contribution < 1.29 is 0 Å². The Kier molecular flexibility index (Phi) is 4.41. The van der Waals surface area contributed by atoms with Crippen LogP contribution >= 0.6 is 12.2 Å².